The third-order valence-corrected chi connectivity index (χ3v) is 7.49. The van der Waals surface area contributed by atoms with Crippen LogP contribution in [0.5, 0.6) is 0 Å². The number of carbonyl (C=O) groups excluding carboxylic acids is 3. The molecule has 0 unspecified atom stereocenters. The van der Waals surface area contributed by atoms with Crippen LogP contribution in [0.2, 0.25) is 0 Å². The fraction of sp³-hybridized carbons (Fsp3) is 0.138. The van der Waals surface area contributed by atoms with Crippen molar-refractivity contribution in [3.63, 3.8) is 0 Å². The van der Waals surface area contributed by atoms with Gasteiger partial charge in [-0.3, -0.25) is 19.7 Å². The van der Waals surface area contributed by atoms with Crippen LogP contribution < -0.4 is 15.5 Å². The summed E-state index contributed by atoms with van der Waals surface area (Å²) in [6.45, 7) is 0.274. The first kappa shape index (κ1) is 26.7. The van der Waals surface area contributed by atoms with Crippen molar-refractivity contribution in [2.24, 2.45) is 0 Å². The fourth-order valence-electron chi connectivity index (χ4n) is 4.21. The minimum absolute atomic E-state index is 0.156. The Morgan fingerprint density at radius 1 is 1.02 bits per heavy atom. The number of hydrogen-bond donors (Lipinski definition) is 2. The molecule has 5 rings (SSSR count). The van der Waals surface area contributed by atoms with Crippen molar-refractivity contribution in [3.05, 3.63) is 95.4 Å². The maximum absolute atomic E-state index is 13.6. The lowest BCUT2D eigenvalue weighted by molar-refractivity contribution is -0.120. The number of halogens is 1. The van der Waals surface area contributed by atoms with Crippen molar-refractivity contribution in [1.82, 2.24) is 19.9 Å². The minimum Gasteiger partial charge on any atom is -0.359 e. The van der Waals surface area contributed by atoms with Crippen LogP contribution in [0.3, 0.4) is 0 Å². The molecule has 0 aliphatic heterocycles. The lowest BCUT2D eigenvalue weighted by Crippen LogP contribution is -2.26. The molecule has 0 aliphatic carbocycles. The molecule has 11 heteroatoms. The van der Waals surface area contributed by atoms with Crippen LogP contribution in [0, 0.1) is 5.95 Å². The predicted molar refractivity (Wildman–Crippen MR) is 153 cm³/mol. The van der Waals surface area contributed by atoms with E-state index in [9.17, 15) is 18.8 Å². The van der Waals surface area contributed by atoms with Crippen molar-refractivity contribution in [2.45, 2.75) is 13.0 Å². The van der Waals surface area contributed by atoms with Gasteiger partial charge in [0.25, 0.3) is 11.8 Å². The molecule has 0 bridgehead atoms. The molecule has 0 saturated carbocycles. The number of pyridine rings is 1. The Labute approximate surface area is 233 Å². The summed E-state index contributed by atoms with van der Waals surface area (Å²) in [4.78, 5) is 49.0. The van der Waals surface area contributed by atoms with Crippen LogP contribution in [0.15, 0.2) is 79.0 Å². The summed E-state index contributed by atoms with van der Waals surface area (Å²) in [5, 5.41) is 5.46. The lowest BCUT2D eigenvalue weighted by atomic mass is 10.2. The highest BCUT2D eigenvalue weighted by atomic mass is 32.1. The van der Waals surface area contributed by atoms with Gasteiger partial charge in [-0.05, 0) is 54.1 Å². The summed E-state index contributed by atoms with van der Waals surface area (Å²) < 4.78 is 15.3. The number of rotatable bonds is 8. The highest BCUT2D eigenvalue weighted by Gasteiger charge is 2.19. The van der Waals surface area contributed by atoms with Gasteiger partial charge < -0.3 is 14.8 Å². The molecular weight excluding hydrogens is 531 g/mol. The van der Waals surface area contributed by atoms with Crippen LogP contribution in [0.25, 0.3) is 21.5 Å². The van der Waals surface area contributed by atoms with Crippen molar-refractivity contribution in [1.29, 1.82) is 0 Å². The van der Waals surface area contributed by atoms with E-state index in [1.165, 1.54) is 28.5 Å². The van der Waals surface area contributed by atoms with Crippen molar-refractivity contribution < 1.29 is 18.8 Å². The molecule has 3 heterocycles. The number of carbonyl (C=O) groups is 3. The Kier molecular flexibility index (Phi) is 7.65. The molecule has 0 saturated heterocycles. The summed E-state index contributed by atoms with van der Waals surface area (Å²) in [7, 11) is 3.25. The Morgan fingerprint density at radius 3 is 2.58 bits per heavy atom. The molecule has 0 fully saturated rings. The molecule has 40 heavy (non-hydrogen) atoms. The number of imidazole rings is 1. The number of hydrogen-bond acceptors (Lipinski definition) is 6. The van der Waals surface area contributed by atoms with Crippen molar-refractivity contribution in [3.8, 4) is 10.4 Å². The van der Waals surface area contributed by atoms with Gasteiger partial charge in [0.15, 0.2) is 0 Å². The minimum atomic E-state index is -0.600. The van der Waals surface area contributed by atoms with Gasteiger partial charge in [-0.15, -0.1) is 11.3 Å². The highest BCUT2D eigenvalue weighted by molar-refractivity contribution is 7.17. The molecule has 9 nitrogen and oxygen atoms in total. The Morgan fingerprint density at radius 2 is 1.82 bits per heavy atom. The van der Waals surface area contributed by atoms with E-state index in [1.54, 1.807) is 73.3 Å². The van der Waals surface area contributed by atoms with Gasteiger partial charge in [0.05, 0.1) is 15.9 Å². The number of nitrogens with one attached hydrogen (secondary N) is 2. The number of anilines is 2. The average molecular weight is 557 g/mol. The fourth-order valence-corrected chi connectivity index (χ4v) is 5.11. The summed E-state index contributed by atoms with van der Waals surface area (Å²) >= 11 is 1.21. The van der Waals surface area contributed by atoms with E-state index in [1.807, 2.05) is 12.1 Å². The summed E-state index contributed by atoms with van der Waals surface area (Å²) in [5.74, 6) is -1.05. The zero-order valence-corrected chi connectivity index (χ0v) is 22.5. The van der Waals surface area contributed by atoms with E-state index < -0.39 is 5.95 Å². The van der Waals surface area contributed by atoms with Gasteiger partial charge in [-0.1, -0.05) is 18.2 Å². The van der Waals surface area contributed by atoms with Gasteiger partial charge in [0.2, 0.25) is 17.8 Å². The molecule has 0 spiro atoms. The Hall–Kier alpha value is -4.90. The molecule has 2 N–H and O–H groups in total. The van der Waals surface area contributed by atoms with Crippen LogP contribution >= 0.6 is 11.3 Å². The molecule has 202 valence electrons. The number of benzene rings is 2. The number of fused-ring (bicyclic) bond motifs is 1. The predicted octanol–water partition coefficient (Wildman–Crippen LogP) is 4.96. The van der Waals surface area contributed by atoms with E-state index in [4.69, 9.17) is 0 Å². The van der Waals surface area contributed by atoms with Crippen LogP contribution in [-0.2, 0) is 11.3 Å². The molecule has 2 aromatic carbocycles. The monoisotopic (exact) mass is 556 g/mol. The van der Waals surface area contributed by atoms with Crippen LogP contribution in [0.4, 0.5) is 16.0 Å². The third kappa shape index (κ3) is 5.59. The standard InChI is InChI=1S/C29H25FN6O3S/c1-31-26(37)13-15-36-22-9-8-20(35(2)28(39)18-6-4-3-5-7-18)17-21(22)33-29(36)34-27(38)24-11-10-23(40-24)19-12-14-32-25(30)16-19/h3-12,14,16-17H,13,15H2,1-2H3,(H,31,37)(H,33,34,38). The maximum Gasteiger partial charge on any atom is 0.268 e. The van der Waals surface area contributed by atoms with Crippen molar-refractivity contribution in [2.75, 3.05) is 24.3 Å². The molecule has 0 aliphatic rings. The van der Waals surface area contributed by atoms with Gasteiger partial charge in [-0.25, -0.2) is 9.97 Å². The zero-order chi connectivity index (χ0) is 28.2. The zero-order valence-electron chi connectivity index (χ0n) is 21.7. The molecule has 3 aromatic heterocycles. The molecule has 0 atom stereocenters. The van der Waals surface area contributed by atoms with Gasteiger partial charge in [-0.2, -0.15) is 4.39 Å². The molecular formula is C29H25FN6O3S. The topological polar surface area (TPSA) is 109 Å². The summed E-state index contributed by atoms with van der Waals surface area (Å²) in [6, 6.07) is 20.7. The van der Waals surface area contributed by atoms with Gasteiger partial charge >= 0.3 is 0 Å². The third-order valence-electron chi connectivity index (χ3n) is 6.35. The molecule has 3 amide bonds. The first-order valence-electron chi connectivity index (χ1n) is 12.4. The lowest BCUT2D eigenvalue weighted by Gasteiger charge is -2.17. The Bertz CT molecular complexity index is 1720. The summed E-state index contributed by atoms with van der Waals surface area (Å²) in [6.07, 6.45) is 1.55. The smallest absolute Gasteiger partial charge is 0.268 e. The average Bonchev–Trinajstić information content (AvgIpc) is 3.60. The van der Waals surface area contributed by atoms with Crippen LogP contribution in [-0.4, -0.2) is 46.4 Å². The van der Waals surface area contributed by atoms with Crippen LogP contribution in [0.1, 0.15) is 26.5 Å². The largest absolute Gasteiger partial charge is 0.359 e. The normalized spacial score (nSPS) is 10.9. The second kappa shape index (κ2) is 11.5. The van der Waals surface area contributed by atoms with E-state index in [2.05, 4.69) is 20.6 Å². The van der Waals surface area contributed by atoms with Crippen molar-refractivity contribution >= 4 is 51.7 Å². The van der Waals surface area contributed by atoms with E-state index in [0.29, 0.717) is 32.7 Å². The first-order chi connectivity index (χ1) is 19.3. The highest BCUT2D eigenvalue weighted by Crippen LogP contribution is 2.30. The first-order valence-corrected chi connectivity index (χ1v) is 13.2. The van der Waals surface area contributed by atoms with E-state index >= 15 is 0 Å². The number of aromatic nitrogens is 3. The summed E-state index contributed by atoms with van der Waals surface area (Å²) in [5.41, 5.74) is 3.05. The number of thiophene rings is 1. The Balaban J connectivity index is 1.44. The second-order valence-electron chi connectivity index (χ2n) is 8.90. The number of nitrogens with zero attached hydrogens (tertiary/aromatic N) is 4. The number of amides is 3. The second-order valence-corrected chi connectivity index (χ2v) is 9.98. The number of aryl methyl sites for hydroxylation is 1. The SMILES string of the molecule is CNC(=O)CCn1c(NC(=O)c2ccc(-c3ccnc(F)c3)s2)nc2cc(N(C)C(=O)c3ccccc3)ccc21. The molecule has 0 radical (unpaired) electrons. The quantitative estimate of drug-likeness (QED) is 0.263. The maximum atomic E-state index is 13.6. The van der Waals surface area contributed by atoms with Gasteiger partial charge in [0, 0.05) is 55.5 Å². The van der Waals surface area contributed by atoms with E-state index in [-0.39, 0.29) is 36.6 Å². The van der Waals surface area contributed by atoms with Gasteiger partial charge in [0.1, 0.15) is 0 Å². The van der Waals surface area contributed by atoms with E-state index in [0.717, 1.165) is 4.88 Å². The molecule has 5 aromatic rings.